The Hall–Kier alpha value is -0.970. The van der Waals surface area contributed by atoms with Gasteiger partial charge in [-0.2, -0.15) is 0 Å². The third-order valence-electron chi connectivity index (χ3n) is 3.51. The number of nitrogens with one attached hydrogen (secondary N) is 1. The van der Waals surface area contributed by atoms with Crippen molar-refractivity contribution < 1.29 is 9.13 Å². The maximum Gasteiger partial charge on any atom is 0.127 e. The Morgan fingerprint density at radius 1 is 1.32 bits per heavy atom. The molecule has 3 nitrogen and oxygen atoms in total. The molecule has 1 aromatic rings. The third-order valence-corrected chi connectivity index (χ3v) is 3.51. The van der Waals surface area contributed by atoms with E-state index in [2.05, 4.69) is 10.2 Å². The Labute approximate surface area is 114 Å². The van der Waals surface area contributed by atoms with Crippen molar-refractivity contribution >= 4 is 0 Å². The molecule has 1 aliphatic rings. The van der Waals surface area contributed by atoms with Crippen LogP contribution in [0.5, 0.6) is 0 Å². The SMILES string of the molecule is CN(CCOC1CCNCC1)Cc1ccccc1F. The zero-order chi connectivity index (χ0) is 13.5. The average molecular weight is 266 g/mol. The van der Waals surface area contributed by atoms with Gasteiger partial charge >= 0.3 is 0 Å². The smallest absolute Gasteiger partial charge is 0.127 e. The van der Waals surface area contributed by atoms with Gasteiger partial charge in [-0.15, -0.1) is 0 Å². The zero-order valence-electron chi connectivity index (χ0n) is 11.6. The van der Waals surface area contributed by atoms with Crippen LogP contribution in [0.4, 0.5) is 4.39 Å². The number of halogens is 1. The van der Waals surface area contributed by atoms with Crippen molar-refractivity contribution in [3.8, 4) is 0 Å². The van der Waals surface area contributed by atoms with Gasteiger partial charge in [0.15, 0.2) is 0 Å². The molecule has 0 radical (unpaired) electrons. The molecule has 1 aromatic carbocycles. The molecule has 1 aliphatic heterocycles. The molecule has 19 heavy (non-hydrogen) atoms. The van der Waals surface area contributed by atoms with Crippen LogP contribution in [0.15, 0.2) is 24.3 Å². The lowest BCUT2D eigenvalue weighted by atomic mass is 10.1. The van der Waals surface area contributed by atoms with Gasteiger partial charge in [-0.3, -0.25) is 4.90 Å². The Bertz CT molecular complexity index is 380. The molecule has 0 amide bonds. The van der Waals surface area contributed by atoms with Crippen molar-refractivity contribution in [2.75, 3.05) is 33.3 Å². The van der Waals surface area contributed by atoms with Crippen LogP contribution < -0.4 is 5.32 Å². The van der Waals surface area contributed by atoms with E-state index in [9.17, 15) is 4.39 Å². The van der Waals surface area contributed by atoms with Gasteiger partial charge < -0.3 is 10.1 Å². The number of benzene rings is 1. The molecule has 0 atom stereocenters. The lowest BCUT2D eigenvalue weighted by molar-refractivity contribution is 0.0223. The quantitative estimate of drug-likeness (QED) is 0.852. The van der Waals surface area contributed by atoms with Gasteiger partial charge in [0.05, 0.1) is 12.7 Å². The third kappa shape index (κ3) is 4.90. The highest BCUT2D eigenvalue weighted by atomic mass is 19.1. The molecule has 1 fully saturated rings. The minimum atomic E-state index is -0.131. The van der Waals surface area contributed by atoms with E-state index in [0.29, 0.717) is 12.6 Å². The maximum absolute atomic E-state index is 13.5. The molecule has 0 aromatic heterocycles. The normalized spacial score (nSPS) is 17.0. The van der Waals surface area contributed by atoms with E-state index in [0.717, 1.165) is 44.6 Å². The van der Waals surface area contributed by atoms with Crippen LogP contribution >= 0.6 is 0 Å². The van der Waals surface area contributed by atoms with Crippen LogP contribution in [0.3, 0.4) is 0 Å². The largest absolute Gasteiger partial charge is 0.377 e. The van der Waals surface area contributed by atoms with E-state index in [1.807, 2.05) is 19.2 Å². The summed E-state index contributed by atoms with van der Waals surface area (Å²) in [4.78, 5) is 2.10. The fraction of sp³-hybridized carbons (Fsp3) is 0.600. The van der Waals surface area contributed by atoms with Crippen LogP contribution in [-0.2, 0) is 11.3 Å². The first kappa shape index (κ1) is 14.4. The van der Waals surface area contributed by atoms with Crippen molar-refractivity contribution in [1.82, 2.24) is 10.2 Å². The monoisotopic (exact) mass is 266 g/mol. The van der Waals surface area contributed by atoms with E-state index >= 15 is 0 Å². The second-order valence-electron chi connectivity index (χ2n) is 5.15. The molecule has 0 saturated carbocycles. The van der Waals surface area contributed by atoms with E-state index in [1.165, 1.54) is 6.07 Å². The molecule has 0 aliphatic carbocycles. The molecular formula is C15H23FN2O. The standard InChI is InChI=1S/C15H23FN2O/c1-18(12-13-4-2-3-5-15(13)16)10-11-19-14-6-8-17-9-7-14/h2-5,14,17H,6-12H2,1H3. The summed E-state index contributed by atoms with van der Waals surface area (Å²) in [5.74, 6) is -0.131. The predicted molar refractivity (Wildman–Crippen MR) is 74.6 cm³/mol. The van der Waals surface area contributed by atoms with Crippen molar-refractivity contribution in [3.05, 3.63) is 35.6 Å². The maximum atomic E-state index is 13.5. The lowest BCUT2D eigenvalue weighted by Gasteiger charge is -2.24. The first-order valence-corrected chi connectivity index (χ1v) is 7.00. The summed E-state index contributed by atoms with van der Waals surface area (Å²) in [5.41, 5.74) is 0.742. The van der Waals surface area contributed by atoms with Gasteiger partial charge in [0.2, 0.25) is 0 Å². The van der Waals surface area contributed by atoms with Crippen LogP contribution in [-0.4, -0.2) is 44.3 Å². The Balaban J connectivity index is 1.67. The minimum absolute atomic E-state index is 0.131. The molecular weight excluding hydrogens is 243 g/mol. The molecule has 0 bridgehead atoms. The van der Waals surface area contributed by atoms with Crippen molar-refractivity contribution in [3.63, 3.8) is 0 Å². The fourth-order valence-electron chi connectivity index (χ4n) is 2.33. The highest BCUT2D eigenvalue weighted by Gasteiger charge is 2.13. The van der Waals surface area contributed by atoms with Gasteiger partial charge in [0.1, 0.15) is 5.82 Å². The van der Waals surface area contributed by atoms with Crippen molar-refractivity contribution in [2.24, 2.45) is 0 Å². The Morgan fingerprint density at radius 3 is 2.79 bits per heavy atom. The van der Waals surface area contributed by atoms with Gasteiger partial charge in [0, 0.05) is 18.7 Å². The number of piperidine rings is 1. The summed E-state index contributed by atoms with van der Waals surface area (Å²) < 4.78 is 19.3. The average Bonchev–Trinajstić information content (AvgIpc) is 2.43. The predicted octanol–water partition coefficient (Wildman–Crippen LogP) is 2.03. The summed E-state index contributed by atoms with van der Waals surface area (Å²) in [5, 5.41) is 3.32. The summed E-state index contributed by atoms with van der Waals surface area (Å²) in [7, 11) is 2.00. The number of hydrogen-bond acceptors (Lipinski definition) is 3. The van der Waals surface area contributed by atoms with Gasteiger partial charge in [-0.25, -0.2) is 4.39 Å². The number of hydrogen-bond donors (Lipinski definition) is 1. The van der Waals surface area contributed by atoms with Crippen LogP contribution in [0.2, 0.25) is 0 Å². The molecule has 0 unspecified atom stereocenters. The van der Waals surface area contributed by atoms with E-state index < -0.39 is 0 Å². The summed E-state index contributed by atoms with van der Waals surface area (Å²) in [6.07, 6.45) is 2.58. The second-order valence-corrected chi connectivity index (χ2v) is 5.15. The van der Waals surface area contributed by atoms with Crippen molar-refractivity contribution in [2.45, 2.75) is 25.5 Å². The highest BCUT2D eigenvalue weighted by molar-refractivity contribution is 5.16. The van der Waals surface area contributed by atoms with Crippen LogP contribution in [0, 0.1) is 5.82 Å². The number of ether oxygens (including phenoxy) is 1. The zero-order valence-corrected chi connectivity index (χ0v) is 11.6. The number of rotatable bonds is 6. The van der Waals surface area contributed by atoms with Crippen LogP contribution in [0.1, 0.15) is 18.4 Å². The first-order valence-electron chi connectivity index (χ1n) is 7.00. The Kier molecular flexibility index (Phi) is 5.76. The molecule has 0 spiro atoms. The summed E-state index contributed by atoms with van der Waals surface area (Å²) >= 11 is 0. The van der Waals surface area contributed by atoms with Gasteiger partial charge in [-0.1, -0.05) is 18.2 Å². The number of nitrogens with zero attached hydrogens (tertiary/aromatic N) is 1. The highest BCUT2D eigenvalue weighted by Crippen LogP contribution is 2.10. The second kappa shape index (κ2) is 7.58. The molecule has 1 saturated heterocycles. The topological polar surface area (TPSA) is 24.5 Å². The molecule has 1 heterocycles. The minimum Gasteiger partial charge on any atom is -0.377 e. The van der Waals surface area contributed by atoms with Crippen molar-refractivity contribution in [1.29, 1.82) is 0 Å². The Morgan fingerprint density at radius 2 is 2.05 bits per heavy atom. The first-order chi connectivity index (χ1) is 9.25. The summed E-state index contributed by atoms with van der Waals surface area (Å²) in [6, 6.07) is 6.94. The molecule has 2 rings (SSSR count). The molecule has 106 valence electrons. The van der Waals surface area contributed by atoms with Gasteiger partial charge in [0.25, 0.3) is 0 Å². The van der Waals surface area contributed by atoms with Gasteiger partial charge in [-0.05, 0) is 39.0 Å². The lowest BCUT2D eigenvalue weighted by Crippen LogP contribution is -2.34. The van der Waals surface area contributed by atoms with E-state index in [-0.39, 0.29) is 5.82 Å². The van der Waals surface area contributed by atoms with Crippen LogP contribution in [0.25, 0.3) is 0 Å². The number of likely N-dealkylation sites (N-methyl/N-ethyl adjacent to an activating group) is 1. The molecule has 4 heteroatoms. The molecule has 1 N–H and O–H groups in total. The fourth-order valence-corrected chi connectivity index (χ4v) is 2.33. The van der Waals surface area contributed by atoms with E-state index in [4.69, 9.17) is 4.74 Å². The van der Waals surface area contributed by atoms with E-state index in [1.54, 1.807) is 6.07 Å². The summed E-state index contributed by atoms with van der Waals surface area (Å²) in [6.45, 7) is 4.28.